The van der Waals surface area contributed by atoms with Gasteiger partial charge in [0.1, 0.15) is 0 Å². The number of benzene rings is 1. The Morgan fingerprint density at radius 3 is 2.42 bits per heavy atom. The van der Waals surface area contributed by atoms with Crippen molar-refractivity contribution in [3.63, 3.8) is 0 Å². The van der Waals surface area contributed by atoms with Crippen LogP contribution in [0.3, 0.4) is 0 Å². The fourth-order valence-corrected chi connectivity index (χ4v) is 2.04. The van der Waals surface area contributed by atoms with Gasteiger partial charge in [-0.25, -0.2) is 0 Å². The fourth-order valence-electron chi connectivity index (χ4n) is 2.04. The van der Waals surface area contributed by atoms with Crippen molar-refractivity contribution in [1.82, 2.24) is 4.90 Å². The molecule has 1 rings (SSSR count). The summed E-state index contributed by atoms with van der Waals surface area (Å²) >= 11 is 0. The third-order valence-corrected chi connectivity index (χ3v) is 3.28. The van der Waals surface area contributed by atoms with Crippen LogP contribution in [0.5, 0.6) is 0 Å². The largest absolute Gasteiger partial charge is 0.395 e. The third kappa shape index (κ3) is 5.70. The van der Waals surface area contributed by atoms with E-state index in [1.165, 1.54) is 0 Å². The summed E-state index contributed by atoms with van der Waals surface area (Å²) in [5.74, 6) is 0. The molecule has 0 amide bonds. The Kier molecular flexibility index (Phi) is 7.67. The van der Waals surface area contributed by atoms with Gasteiger partial charge >= 0.3 is 0 Å². The SMILES string of the molecule is CCCCN(CCO)CC(O)c1ccc(CN)cc1. The summed E-state index contributed by atoms with van der Waals surface area (Å²) in [5.41, 5.74) is 7.52. The van der Waals surface area contributed by atoms with Gasteiger partial charge in [-0.2, -0.15) is 0 Å². The number of unbranched alkanes of at least 4 members (excludes halogenated alkanes) is 1. The average Bonchev–Trinajstić information content (AvgIpc) is 2.45. The minimum absolute atomic E-state index is 0.128. The van der Waals surface area contributed by atoms with E-state index in [0.29, 0.717) is 19.6 Å². The van der Waals surface area contributed by atoms with Gasteiger partial charge in [0, 0.05) is 19.6 Å². The van der Waals surface area contributed by atoms with Crippen molar-refractivity contribution in [2.24, 2.45) is 5.73 Å². The highest BCUT2D eigenvalue weighted by Crippen LogP contribution is 2.15. The summed E-state index contributed by atoms with van der Waals surface area (Å²) < 4.78 is 0. The predicted molar refractivity (Wildman–Crippen MR) is 77.7 cm³/mol. The van der Waals surface area contributed by atoms with Crippen LogP contribution >= 0.6 is 0 Å². The zero-order valence-electron chi connectivity index (χ0n) is 11.8. The molecular weight excluding hydrogens is 240 g/mol. The molecule has 0 bridgehead atoms. The quantitative estimate of drug-likeness (QED) is 0.629. The lowest BCUT2D eigenvalue weighted by Crippen LogP contribution is -2.32. The molecule has 0 spiro atoms. The van der Waals surface area contributed by atoms with E-state index in [-0.39, 0.29) is 6.61 Å². The van der Waals surface area contributed by atoms with Crippen molar-refractivity contribution in [1.29, 1.82) is 0 Å². The number of hydrogen-bond donors (Lipinski definition) is 3. The smallest absolute Gasteiger partial charge is 0.0916 e. The van der Waals surface area contributed by atoms with E-state index in [0.717, 1.165) is 30.5 Å². The summed E-state index contributed by atoms with van der Waals surface area (Å²) in [5, 5.41) is 19.3. The number of hydrogen-bond acceptors (Lipinski definition) is 4. The van der Waals surface area contributed by atoms with Gasteiger partial charge in [0.15, 0.2) is 0 Å². The van der Waals surface area contributed by atoms with E-state index in [1.807, 2.05) is 24.3 Å². The molecule has 4 N–H and O–H groups in total. The van der Waals surface area contributed by atoms with Gasteiger partial charge < -0.3 is 15.9 Å². The van der Waals surface area contributed by atoms with Crippen LogP contribution < -0.4 is 5.73 Å². The Morgan fingerprint density at radius 2 is 1.89 bits per heavy atom. The van der Waals surface area contributed by atoms with Crippen LogP contribution in [0.2, 0.25) is 0 Å². The van der Waals surface area contributed by atoms with E-state index in [4.69, 9.17) is 10.8 Å². The number of aliphatic hydroxyl groups excluding tert-OH is 2. The first-order valence-electron chi connectivity index (χ1n) is 7.01. The molecule has 0 heterocycles. The molecule has 0 aliphatic carbocycles. The molecule has 4 heteroatoms. The summed E-state index contributed by atoms with van der Waals surface area (Å²) in [6.07, 6.45) is 1.68. The first-order valence-corrected chi connectivity index (χ1v) is 7.01. The summed E-state index contributed by atoms with van der Waals surface area (Å²) in [7, 11) is 0. The molecule has 0 saturated heterocycles. The van der Waals surface area contributed by atoms with E-state index in [9.17, 15) is 5.11 Å². The molecule has 1 atom stereocenters. The van der Waals surface area contributed by atoms with E-state index >= 15 is 0 Å². The summed E-state index contributed by atoms with van der Waals surface area (Å²) in [6.45, 7) is 4.86. The molecule has 4 nitrogen and oxygen atoms in total. The van der Waals surface area contributed by atoms with Crippen molar-refractivity contribution < 1.29 is 10.2 Å². The van der Waals surface area contributed by atoms with Crippen LogP contribution in [0.25, 0.3) is 0 Å². The Morgan fingerprint density at radius 1 is 1.21 bits per heavy atom. The van der Waals surface area contributed by atoms with Gasteiger partial charge in [0.05, 0.1) is 12.7 Å². The highest BCUT2D eigenvalue weighted by Gasteiger charge is 2.12. The van der Waals surface area contributed by atoms with Crippen LogP contribution in [0, 0.1) is 0 Å². The summed E-state index contributed by atoms with van der Waals surface area (Å²) in [4.78, 5) is 2.10. The first kappa shape index (κ1) is 16.1. The number of rotatable bonds is 9. The number of aliphatic hydroxyl groups is 2. The van der Waals surface area contributed by atoms with E-state index in [1.54, 1.807) is 0 Å². The van der Waals surface area contributed by atoms with Crippen molar-refractivity contribution in [2.45, 2.75) is 32.4 Å². The molecule has 1 unspecified atom stereocenters. The molecular formula is C15H26N2O2. The second-order valence-electron chi connectivity index (χ2n) is 4.84. The lowest BCUT2D eigenvalue weighted by atomic mass is 10.1. The van der Waals surface area contributed by atoms with Gasteiger partial charge in [-0.05, 0) is 24.1 Å². The molecule has 0 saturated carbocycles. The van der Waals surface area contributed by atoms with Gasteiger partial charge in [-0.3, -0.25) is 4.90 Å². The maximum absolute atomic E-state index is 10.2. The Bertz CT molecular complexity index is 341. The highest BCUT2D eigenvalue weighted by atomic mass is 16.3. The fraction of sp³-hybridized carbons (Fsp3) is 0.600. The van der Waals surface area contributed by atoms with Crippen molar-refractivity contribution >= 4 is 0 Å². The minimum atomic E-state index is -0.518. The molecule has 19 heavy (non-hydrogen) atoms. The molecule has 0 aromatic heterocycles. The van der Waals surface area contributed by atoms with Crippen LogP contribution in [0.1, 0.15) is 37.0 Å². The van der Waals surface area contributed by atoms with Gasteiger partial charge in [0.25, 0.3) is 0 Å². The predicted octanol–water partition coefficient (Wildman–Crippen LogP) is 1.27. The standard InChI is InChI=1S/C15H26N2O2/c1-2-3-8-17(9-10-18)12-15(19)14-6-4-13(11-16)5-7-14/h4-7,15,18-19H,2-3,8-12,16H2,1H3. The maximum Gasteiger partial charge on any atom is 0.0916 e. The van der Waals surface area contributed by atoms with Crippen molar-refractivity contribution in [3.8, 4) is 0 Å². The monoisotopic (exact) mass is 266 g/mol. The molecule has 1 aromatic carbocycles. The van der Waals surface area contributed by atoms with Crippen molar-refractivity contribution in [3.05, 3.63) is 35.4 Å². The molecule has 0 aliphatic rings. The van der Waals surface area contributed by atoms with Crippen LogP contribution in [0.15, 0.2) is 24.3 Å². The molecule has 108 valence electrons. The van der Waals surface area contributed by atoms with Gasteiger partial charge in [0.2, 0.25) is 0 Å². The Balaban J connectivity index is 2.55. The van der Waals surface area contributed by atoms with Crippen molar-refractivity contribution in [2.75, 3.05) is 26.2 Å². The van der Waals surface area contributed by atoms with Crippen LogP contribution in [-0.4, -0.2) is 41.4 Å². The number of nitrogens with zero attached hydrogens (tertiary/aromatic N) is 1. The Labute approximate surface area is 115 Å². The molecule has 0 aliphatic heterocycles. The summed E-state index contributed by atoms with van der Waals surface area (Å²) in [6, 6.07) is 7.73. The highest BCUT2D eigenvalue weighted by molar-refractivity contribution is 5.24. The second kappa shape index (κ2) is 9.04. The van der Waals surface area contributed by atoms with E-state index < -0.39 is 6.10 Å². The maximum atomic E-state index is 10.2. The minimum Gasteiger partial charge on any atom is -0.395 e. The lowest BCUT2D eigenvalue weighted by molar-refractivity contribution is 0.0989. The number of nitrogens with two attached hydrogens (primary N) is 1. The average molecular weight is 266 g/mol. The van der Waals surface area contributed by atoms with Crippen LogP contribution in [0.4, 0.5) is 0 Å². The normalized spacial score (nSPS) is 12.9. The molecule has 0 fully saturated rings. The topological polar surface area (TPSA) is 69.7 Å². The zero-order valence-corrected chi connectivity index (χ0v) is 11.8. The van der Waals surface area contributed by atoms with Gasteiger partial charge in [-0.1, -0.05) is 37.6 Å². The molecule has 1 aromatic rings. The van der Waals surface area contributed by atoms with Gasteiger partial charge in [-0.15, -0.1) is 0 Å². The molecule has 0 radical (unpaired) electrons. The lowest BCUT2D eigenvalue weighted by Gasteiger charge is -2.24. The van der Waals surface area contributed by atoms with Crippen LogP contribution in [-0.2, 0) is 6.54 Å². The zero-order chi connectivity index (χ0) is 14.1. The first-order chi connectivity index (χ1) is 9.21. The second-order valence-corrected chi connectivity index (χ2v) is 4.84. The Hall–Kier alpha value is -0.940. The van der Waals surface area contributed by atoms with E-state index in [2.05, 4.69) is 11.8 Å². The third-order valence-electron chi connectivity index (χ3n) is 3.28.